The van der Waals surface area contributed by atoms with Crippen LogP contribution < -0.4 is 5.73 Å². The van der Waals surface area contributed by atoms with Crippen molar-refractivity contribution in [3.05, 3.63) is 48.0 Å². The Morgan fingerprint density at radius 3 is 2.50 bits per heavy atom. The van der Waals surface area contributed by atoms with Crippen molar-refractivity contribution in [1.82, 2.24) is 9.97 Å². The Bertz CT molecular complexity index is 468. The number of nitrogens with two attached hydrogens (primary N) is 1. The molecule has 0 aliphatic carbocycles. The summed E-state index contributed by atoms with van der Waals surface area (Å²) < 4.78 is 12.7. The monoisotopic (exact) mass is 217 g/mol. The highest BCUT2D eigenvalue weighted by Crippen LogP contribution is 2.19. The van der Waals surface area contributed by atoms with Crippen LogP contribution in [0.5, 0.6) is 0 Å². The molecule has 4 heteroatoms. The SMILES string of the molecule is NCCc1ccccc1-c1ncc(F)cn1. The smallest absolute Gasteiger partial charge is 0.159 e. The lowest BCUT2D eigenvalue weighted by Gasteiger charge is -2.06. The maximum absolute atomic E-state index is 12.7. The van der Waals surface area contributed by atoms with Crippen LogP contribution in [0.4, 0.5) is 4.39 Å². The molecule has 0 fully saturated rings. The van der Waals surface area contributed by atoms with Crippen molar-refractivity contribution in [2.24, 2.45) is 5.73 Å². The molecule has 0 saturated heterocycles. The molecule has 1 aromatic carbocycles. The van der Waals surface area contributed by atoms with Crippen LogP contribution in [0.25, 0.3) is 11.4 Å². The summed E-state index contributed by atoms with van der Waals surface area (Å²) in [4.78, 5) is 7.93. The van der Waals surface area contributed by atoms with Gasteiger partial charge in [-0.25, -0.2) is 14.4 Å². The average Bonchev–Trinajstić information content (AvgIpc) is 2.32. The average molecular weight is 217 g/mol. The lowest BCUT2D eigenvalue weighted by atomic mass is 10.0. The largest absolute Gasteiger partial charge is 0.330 e. The van der Waals surface area contributed by atoms with Gasteiger partial charge in [0, 0.05) is 5.56 Å². The molecule has 0 radical (unpaired) electrons. The van der Waals surface area contributed by atoms with Crippen LogP contribution in [0, 0.1) is 5.82 Å². The van der Waals surface area contributed by atoms with E-state index in [9.17, 15) is 4.39 Å². The first-order valence-corrected chi connectivity index (χ1v) is 5.07. The van der Waals surface area contributed by atoms with Crippen LogP contribution in [0.3, 0.4) is 0 Å². The van der Waals surface area contributed by atoms with E-state index >= 15 is 0 Å². The molecule has 0 bridgehead atoms. The van der Waals surface area contributed by atoms with Crippen LogP contribution in [-0.4, -0.2) is 16.5 Å². The third-order valence-electron chi connectivity index (χ3n) is 2.29. The lowest BCUT2D eigenvalue weighted by Crippen LogP contribution is -2.04. The number of rotatable bonds is 3. The van der Waals surface area contributed by atoms with E-state index in [1.807, 2.05) is 24.3 Å². The number of aromatic nitrogens is 2. The molecule has 2 N–H and O–H groups in total. The number of hydrogen-bond acceptors (Lipinski definition) is 3. The molecule has 0 spiro atoms. The molecule has 0 aliphatic heterocycles. The Kier molecular flexibility index (Phi) is 3.22. The number of hydrogen-bond donors (Lipinski definition) is 1. The first-order valence-electron chi connectivity index (χ1n) is 5.07. The van der Waals surface area contributed by atoms with Gasteiger partial charge in [-0.2, -0.15) is 0 Å². The Balaban J connectivity index is 2.42. The molecule has 1 heterocycles. The molecule has 0 aliphatic rings. The molecule has 2 rings (SSSR count). The molecule has 1 aromatic heterocycles. The molecule has 0 saturated carbocycles. The number of nitrogens with zero attached hydrogens (tertiary/aromatic N) is 2. The minimum atomic E-state index is -0.431. The quantitative estimate of drug-likeness (QED) is 0.852. The van der Waals surface area contributed by atoms with Gasteiger partial charge in [-0.3, -0.25) is 0 Å². The second-order valence-electron chi connectivity index (χ2n) is 3.42. The van der Waals surface area contributed by atoms with Gasteiger partial charge in [-0.1, -0.05) is 24.3 Å². The fourth-order valence-corrected chi connectivity index (χ4v) is 1.56. The molecule has 82 valence electrons. The van der Waals surface area contributed by atoms with Gasteiger partial charge in [0.1, 0.15) is 0 Å². The first-order chi connectivity index (χ1) is 7.81. The van der Waals surface area contributed by atoms with Crippen molar-refractivity contribution in [2.45, 2.75) is 6.42 Å². The highest BCUT2D eigenvalue weighted by molar-refractivity contribution is 5.59. The van der Waals surface area contributed by atoms with Gasteiger partial charge >= 0.3 is 0 Å². The van der Waals surface area contributed by atoms with Gasteiger partial charge in [0.05, 0.1) is 12.4 Å². The van der Waals surface area contributed by atoms with Gasteiger partial charge in [0.15, 0.2) is 11.6 Å². The second kappa shape index (κ2) is 4.81. The fourth-order valence-electron chi connectivity index (χ4n) is 1.56. The molecular weight excluding hydrogens is 205 g/mol. The van der Waals surface area contributed by atoms with E-state index in [-0.39, 0.29) is 0 Å². The van der Waals surface area contributed by atoms with Crippen LogP contribution >= 0.6 is 0 Å². The van der Waals surface area contributed by atoms with E-state index in [1.54, 1.807) is 0 Å². The van der Waals surface area contributed by atoms with E-state index in [4.69, 9.17) is 5.73 Å². The third-order valence-corrected chi connectivity index (χ3v) is 2.29. The Labute approximate surface area is 93.2 Å². The van der Waals surface area contributed by atoms with Gasteiger partial charge < -0.3 is 5.73 Å². The van der Waals surface area contributed by atoms with Crippen molar-refractivity contribution < 1.29 is 4.39 Å². The summed E-state index contributed by atoms with van der Waals surface area (Å²) in [6.45, 7) is 0.568. The lowest BCUT2D eigenvalue weighted by molar-refractivity contribution is 0.614. The maximum Gasteiger partial charge on any atom is 0.159 e. The summed E-state index contributed by atoms with van der Waals surface area (Å²) in [5.74, 6) is 0.102. The van der Waals surface area contributed by atoms with E-state index < -0.39 is 5.82 Å². The van der Waals surface area contributed by atoms with Crippen LogP contribution in [0.1, 0.15) is 5.56 Å². The summed E-state index contributed by atoms with van der Waals surface area (Å²) in [7, 11) is 0. The van der Waals surface area contributed by atoms with Gasteiger partial charge in [0.25, 0.3) is 0 Å². The Morgan fingerprint density at radius 1 is 1.12 bits per heavy atom. The zero-order valence-electron chi connectivity index (χ0n) is 8.73. The first kappa shape index (κ1) is 10.7. The summed E-state index contributed by atoms with van der Waals surface area (Å²) >= 11 is 0. The molecular formula is C12H12FN3. The predicted octanol–water partition coefficient (Wildman–Crippen LogP) is 1.78. The normalized spacial score (nSPS) is 10.4. The zero-order valence-corrected chi connectivity index (χ0v) is 8.73. The van der Waals surface area contributed by atoms with Crippen molar-refractivity contribution in [1.29, 1.82) is 0 Å². The van der Waals surface area contributed by atoms with Gasteiger partial charge in [0.2, 0.25) is 0 Å². The van der Waals surface area contributed by atoms with Crippen LogP contribution in [0.15, 0.2) is 36.7 Å². The summed E-state index contributed by atoms with van der Waals surface area (Å²) in [5, 5.41) is 0. The maximum atomic E-state index is 12.7. The van der Waals surface area contributed by atoms with E-state index in [0.717, 1.165) is 17.5 Å². The summed E-state index contributed by atoms with van der Waals surface area (Å²) in [5.41, 5.74) is 7.52. The highest BCUT2D eigenvalue weighted by Gasteiger charge is 2.06. The topological polar surface area (TPSA) is 51.8 Å². The number of halogens is 1. The minimum Gasteiger partial charge on any atom is -0.330 e. The van der Waals surface area contributed by atoms with Gasteiger partial charge in [-0.15, -0.1) is 0 Å². The molecule has 0 atom stereocenters. The molecule has 2 aromatic rings. The molecule has 0 amide bonds. The van der Waals surface area contributed by atoms with Gasteiger partial charge in [-0.05, 0) is 18.5 Å². The van der Waals surface area contributed by atoms with Crippen molar-refractivity contribution in [3.63, 3.8) is 0 Å². The fraction of sp³-hybridized carbons (Fsp3) is 0.167. The molecule has 3 nitrogen and oxygen atoms in total. The van der Waals surface area contributed by atoms with Crippen LogP contribution in [-0.2, 0) is 6.42 Å². The number of benzene rings is 1. The molecule has 16 heavy (non-hydrogen) atoms. The van der Waals surface area contributed by atoms with Crippen molar-refractivity contribution >= 4 is 0 Å². The van der Waals surface area contributed by atoms with E-state index in [1.165, 1.54) is 12.4 Å². The zero-order chi connectivity index (χ0) is 11.4. The van der Waals surface area contributed by atoms with Crippen molar-refractivity contribution in [3.8, 4) is 11.4 Å². The van der Waals surface area contributed by atoms with E-state index in [2.05, 4.69) is 9.97 Å². The van der Waals surface area contributed by atoms with Crippen LogP contribution in [0.2, 0.25) is 0 Å². The standard InChI is InChI=1S/C12H12FN3/c13-10-7-15-12(16-8-10)11-4-2-1-3-9(11)5-6-14/h1-4,7-8H,5-6,14H2. The summed E-state index contributed by atoms with van der Waals surface area (Å²) in [6, 6.07) is 7.74. The second-order valence-corrected chi connectivity index (χ2v) is 3.42. The summed E-state index contributed by atoms with van der Waals surface area (Å²) in [6.07, 6.45) is 3.10. The predicted molar refractivity (Wildman–Crippen MR) is 60.2 cm³/mol. The Morgan fingerprint density at radius 2 is 1.81 bits per heavy atom. The molecule has 0 unspecified atom stereocenters. The Hall–Kier alpha value is -1.81. The highest BCUT2D eigenvalue weighted by atomic mass is 19.1. The van der Waals surface area contributed by atoms with Crippen molar-refractivity contribution in [2.75, 3.05) is 6.54 Å². The third kappa shape index (κ3) is 2.23. The van der Waals surface area contributed by atoms with E-state index in [0.29, 0.717) is 12.4 Å². The minimum absolute atomic E-state index is 0.431.